The summed E-state index contributed by atoms with van der Waals surface area (Å²) in [6.07, 6.45) is 1.81. The smallest absolute Gasteiger partial charge is 0.237 e. The summed E-state index contributed by atoms with van der Waals surface area (Å²) in [6, 6.07) is 49.3. The number of hydrogen-bond acceptors (Lipinski definition) is 4. The van der Waals surface area contributed by atoms with Crippen LogP contribution in [0.4, 0.5) is 0 Å². The number of benzene rings is 6. The summed E-state index contributed by atoms with van der Waals surface area (Å²) in [5.74, 6) is 0.617. The van der Waals surface area contributed by atoms with E-state index in [1.807, 2.05) is 29.7 Å². The highest BCUT2D eigenvalue weighted by Gasteiger charge is 2.23. The van der Waals surface area contributed by atoms with Crippen molar-refractivity contribution in [2.45, 2.75) is 0 Å². The molecule has 0 saturated heterocycles. The molecule has 0 aliphatic rings. The third-order valence-corrected chi connectivity index (χ3v) is 10.2. The molecule has 4 aromatic heterocycles. The minimum Gasteiger partial charge on any atom is -0.276 e. The molecule has 4 nitrogen and oxygen atoms in total. The summed E-state index contributed by atoms with van der Waals surface area (Å²) in [5, 5.41) is 8.39. The third-order valence-electron chi connectivity index (χ3n) is 9.05. The van der Waals surface area contributed by atoms with Crippen LogP contribution in [0.1, 0.15) is 0 Å². The molecular formula is C41H24N4S. The summed E-state index contributed by atoms with van der Waals surface area (Å²) < 4.78 is 4.78. The second-order valence-electron chi connectivity index (χ2n) is 11.6. The predicted molar refractivity (Wildman–Crippen MR) is 193 cm³/mol. The monoisotopic (exact) mass is 604 g/mol. The van der Waals surface area contributed by atoms with Gasteiger partial charge in [0.15, 0.2) is 5.65 Å². The van der Waals surface area contributed by atoms with Crippen molar-refractivity contribution in [3.63, 3.8) is 0 Å². The van der Waals surface area contributed by atoms with Gasteiger partial charge in [-0.25, -0.2) is 9.97 Å². The van der Waals surface area contributed by atoms with Gasteiger partial charge >= 0.3 is 0 Å². The lowest BCUT2D eigenvalue weighted by atomic mass is 9.99. The zero-order valence-corrected chi connectivity index (χ0v) is 25.4. The molecule has 46 heavy (non-hydrogen) atoms. The van der Waals surface area contributed by atoms with Gasteiger partial charge < -0.3 is 0 Å². The van der Waals surface area contributed by atoms with Crippen LogP contribution in [0.15, 0.2) is 146 Å². The van der Waals surface area contributed by atoms with Gasteiger partial charge in [-0.3, -0.25) is 4.57 Å². The van der Waals surface area contributed by atoms with Gasteiger partial charge in [-0.2, -0.15) is 4.98 Å². The van der Waals surface area contributed by atoms with Gasteiger partial charge in [0.2, 0.25) is 5.95 Å². The first-order valence-electron chi connectivity index (χ1n) is 15.4. The van der Waals surface area contributed by atoms with Crippen LogP contribution in [0.5, 0.6) is 0 Å². The average molecular weight is 605 g/mol. The first-order valence-corrected chi connectivity index (χ1v) is 16.2. The van der Waals surface area contributed by atoms with E-state index in [1.165, 1.54) is 47.3 Å². The molecular weight excluding hydrogens is 581 g/mol. The Morgan fingerprint density at radius 1 is 0.500 bits per heavy atom. The Bertz CT molecular complexity index is 2810. The van der Waals surface area contributed by atoms with Gasteiger partial charge in [-0.1, -0.05) is 109 Å². The third kappa shape index (κ3) is 3.63. The molecule has 214 valence electrons. The fourth-order valence-electron chi connectivity index (χ4n) is 7.08. The zero-order chi connectivity index (χ0) is 30.2. The summed E-state index contributed by atoms with van der Waals surface area (Å²) in [7, 11) is 0. The standard InChI is InChI=1S/C41H24N4S/c1-2-12-25(13-3-1)26-14-10-15-27(24-26)37-32-20-11-23-42-40(32)44-41(43-37)45-33-21-8-6-18-30(33)35-28-16-4-5-17-29(28)36-31-19-7-9-22-34(31)46-39(36)38(35)45/h1-24H. The zero-order valence-electron chi connectivity index (χ0n) is 24.6. The minimum atomic E-state index is 0.617. The largest absolute Gasteiger partial charge is 0.276 e. The Kier molecular flexibility index (Phi) is 5.41. The second kappa shape index (κ2) is 9.80. The number of nitrogens with zero attached hydrogens (tertiary/aromatic N) is 4. The van der Waals surface area contributed by atoms with Crippen molar-refractivity contribution in [2.75, 3.05) is 0 Å². The van der Waals surface area contributed by atoms with Crippen LogP contribution < -0.4 is 0 Å². The number of pyridine rings is 1. The van der Waals surface area contributed by atoms with E-state index in [9.17, 15) is 0 Å². The molecule has 10 rings (SSSR count). The molecule has 0 aliphatic heterocycles. The van der Waals surface area contributed by atoms with Crippen molar-refractivity contribution in [1.29, 1.82) is 0 Å². The summed E-state index contributed by atoms with van der Waals surface area (Å²) in [5.41, 5.74) is 7.09. The van der Waals surface area contributed by atoms with Gasteiger partial charge in [-0.05, 0) is 52.2 Å². The molecule has 0 fully saturated rings. The molecule has 0 radical (unpaired) electrons. The molecule has 0 atom stereocenters. The average Bonchev–Trinajstić information content (AvgIpc) is 3.69. The van der Waals surface area contributed by atoms with Crippen molar-refractivity contribution < 1.29 is 0 Å². The number of hydrogen-bond donors (Lipinski definition) is 0. The topological polar surface area (TPSA) is 43.6 Å². The first-order chi connectivity index (χ1) is 22.8. The lowest BCUT2D eigenvalue weighted by Gasteiger charge is -2.13. The first kappa shape index (κ1) is 25.4. The minimum absolute atomic E-state index is 0.617. The van der Waals surface area contributed by atoms with Gasteiger partial charge in [-0.15, -0.1) is 11.3 Å². The molecule has 0 amide bonds. The lowest BCUT2D eigenvalue weighted by Crippen LogP contribution is -2.04. The molecule has 0 aliphatic carbocycles. The van der Waals surface area contributed by atoms with Crippen molar-refractivity contribution in [2.24, 2.45) is 0 Å². The Morgan fingerprint density at radius 2 is 1.17 bits per heavy atom. The number of rotatable bonds is 3. The SMILES string of the molecule is c1ccc(-c2cccc(-c3nc(-n4c5ccccc5c5c6ccccc6c6c7ccccc7sc6c54)nc4ncccc34)c2)cc1. The normalized spacial score (nSPS) is 11.9. The molecule has 4 heterocycles. The number of thiophene rings is 1. The maximum absolute atomic E-state index is 5.41. The highest BCUT2D eigenvalue weighted by molar-refractivity contribution is 7.27. The van der Waals surface area contributed by atoms with Crippen LogP contribution in [0.25, 0.3) is 92.1 Å². The quantitative estimate of drug-likeness (QED) is 0.201. The van der Waals surface area contributed by atoms with Crippen LogP contribution in [-0.4, -0.2) is 19.5 Å². The maximum atomic E-state index is 5.41. The van der Waals surface area contributed by atoms with Gasteiger partial charge in [0.1, 0.15) is 0 Å². The van der Waals surface area contributed by atoms with Crippen LogP contribution in [0.3, 0.4) is 0 Å². The van der Waals surface area contributed by atoms with E-state index in [0.717, 1.165) is 33.2 Å². The summed E-state index contributed by atoms with van der Waals surface area (Å²) in [6.45, 7) is 0. The summed E-state index contributed by atoms with van der Waals surface area (Å²) in [4.78, 5) is 15.3. The van der Waals surface area contributed by atoms with E-state index < -0.39 is 0 Å². The van der Waals surface area contributed by atoms with E-state index in [4.69, 9.17) is 15.0 Å². The van der Waals surface area contributed by atoms with Gasteiger partial charge in [0.05, 0.1) is 21.4 Å². The Labute approximate surface area is 267 Å². The van der Waals surface area contributed by atoms with Crippen LogP contribution >= 0.6 is 11.3 Å². The fraction of sp³-hybridized carbons (Fsp3) is 0. The van der Waals surface area contributed by atoms with Gasteiger partial charge in [0, 0.05) is 43.4 Å². The summed E-state index contributed by atoms with van der Waals surface area (Å²) >= 11 is 1.84. The van der Waals surface area contributed by atoms with E-state index in [2.05, 4.69) is 132 Å². The van der Waals surface area contributed by atoms with E-state index >= 15 is 0 Å². The fourth-order valence-corrected chi connectivity index (χ4v) is 8.34. The molecule has 5 heteroatoms. The van der Waals surface area contributed by atoms with E-state index in [0.29, 0.717) is 11.6 Å². The Balaban J connectivity index is 1.36. The van der Waals surface area contributed by atoms with Gasteiger partial charge in [0.25, 0.3) is 0 Å². The predicted octanol–water partition coefficient (Wildman–Crippen LogP) is 11.0. The molecule has 0 saturated carbocycles. The number of aromatic nitrogens is 4. The van der Waals surface area contributed by atoms with Crippen molar-refractivity contribution in [3.8, 4) is 28.3 Å². The second-order valence-corrected chi connectivity index (χ2v) is 12.7. The number of para-hydroxylation sites is 1. The Morgan fingerprint density at radius 3 is 2.04 bits per heavy atom. The van der Waals surface area contributed by atoms with Crippen molar-refractivity contribution >= 4 is 75.1 Å². The molecule has 0 bridgehead atoms. The molecule has 10 aromatic rings. The van der Waals surface area contributed by atoms with Crippen LogP contribution in [0, 0.1) is 0 Å². The highest BCUT2D eigenvalue weighted by atomic mass is 32.1. The molecule has 0 spiro atoms. The van der Waals surface area contributed by atoms with E-state index in [-0.39, 0.29) is 0 Å². The lowest BCUT2D eigenvalue weighted by molar-refractivity contribution is 1.01. The van der Waals surface area contributed by atoms with Crippen molar-refractivity contribution in [1.82, 2.24) is 19.5 Å². The van der Waals surface area contributed by atoms with Crippen LogP contribution in [-0.2, 0) is 0 Å². The maximum Gasteiger partial charge on any atom is 0.237 e. The van der Waals surface area contributed by atoms with Crippen LogP contribution in [0.2, 0.25) is 0 Å². The molecule has 0 unspecified atom stereocenters. The van der Waals surface area contributed by atoms with Crippen molar-refractivity contribution in [3.05, 3.63) is 146 Å². The number of fused-ring (bicyclic) bond motifs is 11. The molecule has 0 N–H and O–H groups in total. The highest BCUT2D eigenvalue weighted by Crippen LogP contribution is 2.47. The van der Waals surface area contributed by atoms with E-state index in [1.54, 1.807) is 0 Å². The molecule has 6 aromatic carbocycles. The Hall–Kier alpha value is -5.91.